The Bertz CT molecular complexity index is 1060. The van der Waals surface area contributed by atoms with E-state index in [0.29, 0.717) is 42.2 Å². The maximum absolute atomic E-state index is 11.4. The largest absolute Gasteiger partial charge is 0.495 e. The number of aliphatic hydroxyl groups is 1. The zero-order valence-corrected chi connectivity index (χ0v) is 20.6. The van der Waals surface area contributed by atoms with Gasteiger partial charge in [-0.25, -0.2) is 4.98 Å². The van der Waals surface area contributed by atoms with Crippen LogP contribution in [0.15, 0.2) is 12.3 Å². The smallest absolute Gasteiger partial charge is 0.224 e. The monoisotopic (exact) mass is 512 g/mol. The van der Waals surface area contributed by atoms with Gasteiger partial charge in [-0.05, 0) is 0 Å². The lowest BCUT2D eigenvalue weighted by molar-refractivity contribution is -0.119. The van der Waals surface area contributed by atoms with E-state index in [1.54, 1.807) is 29.1 Å². The van der Waals surface area contributed by atoms with E-state index < -0.39 is 6.35 Å². The molecule has 1 fully saturated rings. The molecule has 2 aromatic rings. The molecule has 2 aliphatic rings. The molecule has 0 aliphatic carbocycles. The van der Waals surface area contributed by atoms with Crippen molar-refractivity contribution in [3.05, 3.63) is 27.9 Å². The first-order valence-electron chi connectivity index (χ1n) is 10.5. The van der Waals surface area contributed by atoms with E-state index in [0.717, 1.165) is 5.56 Å². The number of amides is 1. The lowest BCUT2D eigenvalue weighted by atomic mass is 10.1. The first-order chi connectivity index (χ1) is 16.2. The summed E-state index contributed by atoms with van der Waals surface area (Å²) in [7, 11) is 4.67. The average Bonchev–Trinajstić information content (AvgIpc) is 3.23. The van der Waals surface area contributed by atoms with Gasteiger partial charge < -0.3 is 39.8 Å². The molecule has 184 valence electrons. The van der Waals surface area contributed by atoms with E-state index in [1.165, 1.54) is 21.1 Å². The predicted octanol–water partition coefficient (Wildman–Crippen LogP) is 1.85. The average molecular weight is 513 g/mol. The van der Waals surface area contributed by atoms with Crippen LogP contribution in [-0.2, 0) is 16.1 Å². The summed E-state index contributed by atoms with van der Waals surface area (Å²) in [5.74, 6) is 1.49. The number of carbonyl (C=O) groups excluding carboxylic acids is 1. The maximum Gasteiger partial charge on any atom is 0.224 e. The van der Waals surface area contributed by atoms with Crippen molar-refractivity contribution in [3.63, 3.8) is 0 Å². The molecule has 1 aromatic carbocycles. The Hall–Kier alpha value is -2.73. The van der Waals surface area contributed by atoms with Crippen LogP contribution in [0, 0.1) is 0 Å². The van der Waals surface area contributed by atoms with Crippen molar-refractivity contribution < 1.29 is 24.1 Å². The number of aliphatic hydroxyl groups excluding tert-OH is 1. The number of fused-ring (bicyclic) bond motifs is 1. The van der Waals surface area contributed by atoms with E-state index in [9.17, 15) is 9.90 Å². The Morgan fingerprint density at radius 3 is 2.47 bits per heavy atom. The fourth-order valence-electron chi connectivity index (χ4n) is 4.05. The van der Waals surface area contributed by atoms with Gasteiger partial charge in [0.2, 0.25) is 18.2 Å². The molecule has 0 saturated carbocycles. The molecule has 0 bridgehead atoms. The number of ether oxygens (including phenoxy) is 3. The van der Waals surface area contributed by atoms with Crippen molar-refractivity contribution in [2.24, 2.45) is 0 Å². The number of halogens is 2. The summed E-state index contributed by atoms with van der Waals surface area (Å²) in [6, 6.07) is 1.21. The summed E-state index contributed by atoms with van der Waals surface area (Å²) >= 11 is 13.1. The number of aromatic nitrogens is 2. The Morgan fingerprint density at radius 1 is 1.21 bits per heavy atom. The standard InChI is InChI=1S/C21H26Cl2N6O5/c1-10(30)25-12-8-34-9-13(12)26-20-24-6-11-7-29(21(31)28(2)19(11)27-20)18-16(22)14(32-3)5-15(33-4)17(18)23/h5-6,12-13,21,31H,7-9H2,1-4H3,(H,25,30)(H,24,26,27). The van der Waals surface area contributed by atoms with Crippen LogP contribution in [-0.4, -0.2) is 73.9 Å². The van der Waals surface area contributed by atoms with Crippen LogP contribution in [0.4, 0.5) is 17.5 Å². The number of rotatable bonds is 6. The molecular formula is C21H26Cl2N6O5. The highest BCUT2D eigenvalue weighted by atomic mass is 35.5. The van der Waals surface area contributed by atoms with Gasteiger partial charge >= 0.3 is 0 Å². The van der Waals surface area contributed by atoms with Crippen molar-refractivity contribution in [2.45, 2.75) is 31.9 Å². The van der Waals surface area contributed by atoms with E-state index in [2.05, 4.69) is 20.6 Å². The van der Waals surface area contributed by atoms with Crippen LogP contribution in [0.3, 0.4) is 0 Å². The quantitative estimate of drug-likeness (QED) is 0.528. The summed E-state index contributed by atoms with van der Waals surface area (Å²) < 4.78 is 16.2. The second-order valence-electron chi connectivity index (χ2n) is 7.98. The Morgan fingerprint density at radius 2 is 1.85 bits per heavy atom. The van der Waals surface area contributed by atoms with Gasteiger partial charge in [-0.15, -0.1) is 0 Å². The molecule has 1 saturated heterocycles. The lowest BCUT2D eigenvalue weighted by Crippen LogP contribution is -2.51. The molecule has 3 N–H and O–H groups in total. The minimum Gasteiger partial charge on any atom is -0.495 e. The second kappa shape index (κ2) is 9.87. The van der Waals surface area contributed by atoms with Gasteiger partial charge in [-0.1, -0.05) is 23.2 Å². The van der Waals surface area contributed by atoms with E-state index >= 15 is 0 Å². The number of carbonyl (C=O) groups is 1. The van der Waals surface area contributed by atoms with Crippen LogP contribution in [0.1, 0.15) is 12.5 Å². The van der Waals surface area contributed by atoms with Crippen molar-refractivity contribution >= 4 is 46.6 Å². The zero-order chi connectivity index (χ0) is 24.6. The second-order valence-corrected chi connectivity index (χ2v) is 8.74. The molecule has 1 aromatic heterocycles. The van der Waals surface area contributed by atoms with Crippen molar-refractivity contribution in [1.82, 2.24) is 15.3 Å². The highest BCUT2D eigenvalue weighted by Crippen LogP contribution is 2.48. The molecule has 3 heterocycles. The van der Waals surface area contributed by atoms with Crippen LogP contribution in [0.25, 0.3) is 0 Å². The van der Waals surface area contributed by atoms with Gasteiger partial charge in [0, 0.05) is 31.8 Å². The molecule has 0 radical (unpaired) electrons. The Labute approximate surface area is 206 Å². The van der Waals surface area contributed by atoms with E-state index in [4.69, 9.17) is 37.4 Å². The van der Waals surface area contributed by atoms with E-state index in [1.807, 2.05) is 0 Å². The van der Waals surface area contributed by atoms with Crippen molar-refractivity contribution in [1.29, 1.82) is 0 Å². The SMILES string of the molecule is COc1cc(OC)c(Cl)c(N2Cc3cnc(NC4COCC4NC(C)=O)nc3N(C)C2O)c1Cl. The molecule has 0 spiro atoms. The number of benzene rings is 1. The third-order valence-corrected chi connectivity index (χ3v) is 6.49. The first-order valence-corrected chi connectivity index (χ1v) is 11.3. The first kappa shape index (κ1) is 24.4. The number of hydrogen-bond donors (Lipinski definition) is 3. The number of nitrogens with one attached hydrogen (secondary N) is 2. The molecule has 13 heteroatoms. The molecule has 2 aliphatic heterocycles. The summed E-state index contributed by atoms with van der Waals surface area (Å²) in [6.07, 6.45) is 0.534. The summed E-state index contributed by atoms with van der Waals surface area (Å²) in [6.45, 7) is 2.51. The van der Waals surface area contributed by atoms with Crippen LogP contribution in [0.2, 0.25) is 10.0 Å². The van der Waals surface area contributed by atoms with Crippen molar-refractivity contribution in [3.8, 4) is 11.5 Å². The normalized spacial score (nSPS) is 21.8. The van der Waals surface area contributed by atoms with Crippen LogP contribution in [0.5, 0.6) is 11.5 Å². The van der Waals surface area contributed by atoms with Gasteiger partial charge in [-0.3, -0.25) is 4.79 Å². The summed E-state index contributed by atoms with van der Waals surface area (Å²) in [5.41, 5.74) is 1.11. The van der Waals surface area contributed by atoms with Gasteiger partial charge in [-0.2, -0.15) is 4.98 Å². The topological polar surface area (TPSA) is 121 Å². The highest BCUT2D eigenvalue weighted by molar-refractivity contribution is 6.41. The fourth-order valence-corrected chi connectivity index (χ4v) is 4.77. The predicted molar refractivity (Wildman–Crippen MR) is 128 cm³/mol. The maximum atomic E-state index is 11.4. The third kappa shape index (κ3) is 4.48. The van der Waals surface area contributed by atoms with Gasteiger partial charge in [0.1, 0.15) is 27.4 Å². The minimum absolute atomic E-state index is 0.136. The lowest BCUT2D eigenvalue weighted by Gasteiger charge is -2.42. The Balaban J connectivity index is 1.63. The highest BCUT2D eigenvalue weighted by Gasteiger charge is 2.35. The number of anilines is 3. The fraction of sp³-hybridized carbons (Fsp3) is 0.476. The van der Waals surface area contributed by atoms with Crippen molar-refractivity contribution in [2.75, 3.05) is 49.6 Å². The number of methoxy groups -OCH3 is 2. The number of hydrogen-bond acceptors (Lipinski definition) is 10. The van der Waals surface area contributed by atoms with Gasteiger partial charge in [0.25, 0.3) is 0 Å². The molecule has 11 nitrogen and oxygen atoms in total. The molecule has 1 amide bonds. The molecule has 3 unspecified atom stereocenters. The van der Waals surface area contributed by atoms with Gasteiger partial charge in [0.15, 0.2) is 0 Å². The Kier molecular flexibility index (Phi) is 7.08. The summed E-state index contributed by atoms with van der Waals surface area (Å²) in [5, 5.41) is 17.7. The molecular weight excluding hydrogens is 487 g/mol. The van der Waals surface area contributed by atoms with Crippen LogP contribution >= 0.6 is 23.2 Å². The number of nitrogens with zero attached hydrogens (tertiary/aromatic N) is 4. The molecule has 4 rings (SSSR count). The summed E-state index contributed by atoms with van der Waals surface area (Å²) in [4.78, 5) is 23.7. The zero-order valence-electron chi connectivity index (χ0n) is 19.1. The molecule has 3 atom stereocenters. The molecule has 34 heavy (non-hydrogen) atoms. The van der Waals surface area contributed by atoms with Crippen LogP contribution < -0.4 is 29.9 Å². The minimum atomic E-state index is -1.14. The van der Waals surface area contributed by atoms with E-state index in [-0.39, 0.29) is 34.6 Å². The van der Waals surface area contributed by atoms with Gasteiger partial charge in [0.05, 0.1) is 51.7 Å². The third-order valence-electron chi connectivity index (χ3n) is 5.76.